The van der Waals surface area contributed by atoms with Crippen LogP contribution in [0.1, 0.15) is 10.6 Å². The Morgan fingerprint density at radius 2 is 2.18 bits per heavy atom. The molecule has 0 spiro atoms. The van der Waals surface area contributed by atoms with Gasteiger partial charge in [-0.1, -0.05) is 23.7 Å². The predicted octanol–water partition coefficient (Wildman–Crippen LogP) is 1.00. The van der Waals surface area contributed by atoms with Crippen molar-refractivity contribution in [2.75, 3.05) is 7.11 Å². The number of hydrogen-bond donors (Lipinski definition) is 1. The van der Waals surface area contributed by atoms with E-state index in [-0.39, 0.29) is 5.82 Å². The maximum atomic E-state index is 11.6. The molecule has 1 aromatic carbocycles. The summed E-state index contributed by atoms with van der Waals surface area (Å²) in [4.78, 5) is 25.1. The van der Waals surface area contributed by atoms with Crippen LogP contribution < -0.4 is 5.69 Å². The van der Waals surface area contributed by atoms with Crippen LogP contribution in [0.4, 0.5) is 0 Å². The van der Waals surface area contributed by atoms with E-state index >= 15 is 0 Å². The molecule has 0 atom stereocenters. The van der Waals surface area contributed by atoms with Crippen LogP contribution in [0.15, 0.2) is 29.1 Å². The van der Waals surface area contributed by atoms with Gasteiger partial charge in [0.1, 0.15) is 0 Å². The van der Waals surface area contributed by atoms with E-state index in [2.05, 4.69) is 14.8 Å². The van der Waals surface area contributed by atoms with Crippen molar-refractivity contribution in [2.45, 2.75) is 0 Å². The summed E-state index contributed by atoms with van der Waals surface area (Å²) in [6, 6.07) is 6.67. The molecule has 0 unspecified atom stereocenters. The first-order chi connectivity index (χ1) is 8.13. The number of aromatic amines is 1. The van der Waals surface area contributed by atoms with Crippen LogP contribution in [0, 0.1) is 0 Å². The molecule has 2 aromatic rings. The molecule has 6 nitrogen and oxygen atoms in total. The van der Waals surface area contributed by atoms with Crippen molar-refractivity contribution in [2.24, 2.45) is 0 Å². The Kier molecular flexibility index (Phi) is 2.97. The zero-order chi connectivity index (χ0) is 12.4. The fourth-order valence-electron chi connectivity index (χ4n) is 1.30. The quantitative estimate of drug-likeness (QED) is 0.810. The zero-order valence-electron chi connectivity index (χ0n) is 8.81. The van der Waals surface area contributed by atoms with Gasteiger partial charge in [-0.2, -0.15) is 4.68 Å². The first kappa shape index (κ1) is 11.4. The number of halogens is 1. The smallest absolute Gasteiger partial charge is 0.376 e. The molecule has 0 saturated carbocycles. The molecule has 0 fully saturated rings. The fraction of sp³-hybridized carbons (Fsp3) is 0.100. The second kappa shape index (κ2) is 4.42. The summed E-state index contributed by atoms with van der Waals surface area (Å²) in [5.41, 5.74) is -0.163. The summed E-state index contributed by atoms with van der Waals surface area (Å²) in [6.45, 7) is 0. The third-order valence-electron chi connectivity index (χ3n) is 2.08. The zero-order valence-corrected chi connectivity index (χ0v) is 9.56. The number of ether oxygens (including phenoxy) is 1. The molecule has 88 valence electrons. The van der Waals surface area contributed by atoms with Gasteiger partial charge < -0.3 is 4.74 Å². The number of hydrogen-bond acceptors (Lipinski definition) is 4. The fourth-order valence-corrected chi connectivity index (χ4v) is 1.52. The molecular weight excluding hydrogens is 246 g/mol. The van der Waals surface area contributed by atoms with Crippen LogP contribution in [0.3, 0.4) is 0 Å². The van der Waals surface area contributed by atoms with Gasteiger partial charge in [-0.25, -0.2) is 9.59 Å². The van der Waals surface area contributed by atoms with Gasteiger partial charge in [-0.05, 0) is 12.1 Å². The lowest BCUT2D eigenvalue weighted by atomic mass is 10.3. The third kappa shape index (κ3) is 2.07. The number of esters is 1. The largest absolute Gasteiger partial charge is 0.463 e. The summed E-state index contributed by atoms with van der Waals surface area (Å²) >= 11 is 5.92. The number of rotatable bonds is 2. The van der Waals surface area contributed by atoms with E-state index in [9.17, 15) is 9.59 Å². The molecule has 1 N–H and O–H groups in total. The standard InChI is InChI=1S/C10H8ClN3O3/c1-17-9(15)8-12-10(16)14(13-8)7-5-3-2-4-6(7)11/h2-5H,1H3,(H,12,13,16). The lowest BCUT2D eigenvalue weighted by Gasteiger charge is -2.00. The van der Waals surface area contributed by atoms with Gasteiger partial charge in [0.2, 0.25) is 5.82 Å². The Labute approximate surface area is 101 Å². The average Bonchev–Trinajstić information content (AvgIpc) is 2.71. The van der Waals surface area contributed by atoms with Crippen molar-refractivity contribution in [3.63, 3.8) is 0 Å². The highest BCUT2D eigenvalue weighted by Crippen LogP contribution is 2.17. The summed E-state index contributed by atoms with van der Waals surface area (Å²) in [5.74, 6) is -0.884. The van der Waals surface area contributed by atoms with E-state index in [1.807, 2.05) is 0 Å². The number of para-hydroxylation sites is 1. The highest BCUT2D eigenvalue weighted by atomic mass is 35.5. The minimum atomic E-state index is -0.715. The maximum Gasteiger partial charge on any atom is 0.376 e. The van der Waals surface area contributed by atoms with Crippen LogP contribution in [0.25, 0.3) is 5.69 Å². The number of methoxy groups -OCH3 is 1. The topological polar surface area (TPSA) is 77.0 Å². The van der Waals surface area contributed by atoms with Crippen LogP contribution in [-0.4, -0.2) is 27.8 Å². The minimum absolute atomic E-state index is 0.169. The summed E-state index contributed by atoms with van der Waals surface area (Å²) in [7, 11) is 1.20. The SMILES string of the molecule is COC(=O)c1nn(-c2ccccc2Cl)c(=O)[nH]1. The molecule has 0 amide bonds. The van der Waals surface area contributed by atoms with E-state index in [0.717, 1.165) is 4.68 Å². The Balaban J connectivity index is 2.54. The molecule has 0 radical (unpaired) electrons. The summed E-state index contributed by atoms with van der Waals surface area (Å²) in [6.07, 6.45) is 0. The van der Waals surface area contributed by atoms with E-state index < -0.39 is 11.7 Å². The van der Waals surface area contributed by atoms with Crippen molar-refractivity contribution < 1.29 is 9.53 Å². The van der Waals surface area contributed by atoms with E-state index in [1.54, 1.807) is 24.3 Å². The Bertz CT molecular complexity index is 617. The maximum absolute atomic E-state index is 11.6. The number of nitrogens with zero attached hydrogens (tertiary/aromatic N) is 2. The van der Waals surface area contributed by atoms with Crippen molar-refractivity contribution in [3.05, 3.63) is 45.6 Å². The normalized spacial score (nSPS) is 10.2. The number of benzene rings is 1. The van der Waals surface area contributed by atoms with E-state index in [0.29, 0.717) is 10.7 Å². The lowest BCUT2D eigenvalue weighted by Crippen LogP contribution is -2.16. The number of aromatic nitrogens is 3. The van der Waals surface area contributed by atoms with Crippen LogP contribution >= 0.6 is 11.6 Å². The molecule has 1 aromatic heterocycles. The third-order valence-corrected chi connectivity index (χ3v) is 2.40. The first-order valence-electron chi connectivity index (χ1n) is 4.66. The van der Waals surface area contributed by atoms with E-state index in [4.69, 9.17) is 11.6 Å². The molecule has 0 bridgehead atoms. The average molecular weight is 254 g/mol. The second-order valence-corrected chi connectivity index (χ2v) is 3.54. The van der Waals surface area contributed by atoms with Gasteiger partial charge in [0.15, 0.2) is 0 Å². The molecule has 1 heterocycles. The summed E-state index contributed by atoms with van der Waals surface area (Å²) < 4.78 is 5.46. The Hall–Kier alpha value is -2.08. The van der Waals surface area contributed by atoms with Gasteiger partial charge in [-0.3, -0.25) is 4.98 Å². The Morgan fingerprint density at radius 3 is 2.82 bits per heavy atom. The van der Waals surface area contributed by atoms with Gasteiger partial charge in [0.25, 0.3) is 0 Å². The Morgan fingerprint density at radius 1 is 1.47 bits per heavy atom. The van der Waals surface area contributed by atoms with Gasteiger partial charge >= 0.3 is 11.7 Å². The number of H-pyrrole nitrogens is 1. The van der Waals surface area contributed by atoms with Gasteiger partial charge in [-0.15, -0.1) is 5.10 Å². The number of carbonyl (C=O) groups is 1. The first-order valence-corrected chi connectivity index (χ1v) is 5.04. The molecule has 0 saturated heterocycles. The van der Waals surface area contributed by atoms with Crippen LogP contribution in [0.5, 0.6) is 0 Å². The van der Waals surface area contributed by atoms with E-state index in [1.165, 1.54) is 7.11 Å². The molecule has 7 heteroatoms. The lowest BCUT2D eigenvalue weighted by molar-refractivity contribution is 0.0587. The highest BCUT2D eigenvalue weighted by Gasteiger charge is 2.15. The number of carbonyl (C=O) groups excluding carboxylic acids is 1. The molecule has 17 heavy (non-hydrogen) atoms. The molecule has 0 aliphatic heterocycles. The molecule has 0 aliphatic carbocycles. The van der Waals surface area contributed by atoms with Crippen LogP contribution in [-0.2, 0) is 4.74 Å². The minimum Gasteiger partial charge on any atom is -0.463 e. The monoisotopic (exact) mass is 253 g/mol. The molecular formula is C10H8ClN3O3. The summed E-state index contributed by atoms with van der Waals surface area (Å²) in [5, 5.41) is 4.16. The van der Waals surface area contributed by atoms with Gasteiger partial charge in [0, 0.05) is 0 Å². The van der Waals surface area contributed by atoms with Crippen molar-refractivity contribution in [1.29, 1.82) is 0 Å². The van der Waals surface area contributed by atoms with Crippen molar-refractivity contribution >= 4 is 17.6 Å². The van der Waals surface area contributed by atoms with Crippen molar-refractivity contribution in [3.8, 4) is 5.69 Å². The van der Waals surface area contributed by atoms with Crippen molar-refractivity contribution in [1.82, 2.24) is 14.8 Å². The molecule has 0 aliphatic rings. The second-order valence-electron chi connectivity index (χ2n) is 3.13. The van der Waals surface area contributed by atoms with Crippen LogP contribution in [0.2, 0.25) is 5.02 Å². The molecule has 2 rings (SSSR count). The predicted molar refractivity (Wildman–Crippen MR) is 60.5 cm³/mol. The van der Waals surface area contributed by atoms with Gasteiger partial charge in [0.05, 0.1) is 17.8 Å². The number of nitrogens with one attached hydrogen (secondary N) is 1. The highest BCUT2D eigenvalue weighted by molar-refractivity contribution is 6.32.